The molecule has 0 unspecified atom stereocenters. The second-order valence-corrected chi connectivity index (χ2v) is 5.65. The molecule has 10 nitrogen and oxygen atoms in total. The first-order chi connectivity index (χ1) is 13.3. The summed E-state index contributed by atoms with van der Waals surface area (Å²) in [7, 11) is 0. The van der Waals surface area contributed by atoms with Crippen molar-refractivity contribution in [2.45, 2.75) is 0 Å². The molecule has 2 rings (SSSR count). The zero-order valence-electron chi connectivity index (χ0n) is 14.2. The highest BCUT2D eigenvalue weighted by molar-refractivity contribution is 6.30. The largest absolute Gasteiger partial charge is 0.482 e. The number of hydrogen-bond acceptors (Lipinski definition) is 7. The lowest BCUT2D eigenvalue weighted by atomic mass is 10.2. The third kappa shape index (κ3) is 6.57. The molecule has 2 aromatic carbocycles. The van der Waals surface area contributed by atoms with E-state index in [1.165, 1.54) is 12.1 Å². The van der Waals surface area contributed by atoms with Gasteiger partial charge < -0.3 is 9.47 Å². The number of nitro benzene ring substituents is 1. The lowest BCUT2D eigenvalue weighted by Gasteiger charge is -2.09. The summed E-state index contributed by atoms with van der Waals surface area (Å²) in [5.41, 5.74) is 4.06. The van der Waals surface area contributed by atoms with Gasteiger partial charge in [0.25, 0.3) is 17.5 Å². The number of hydrazine groups is 1. The van der Waals surface area contributed by atoms with Crippen LogP contribution in [-0.4, -0.2) is 35.9 Å². The van der Waals surface area contributed by atoms with Crippen molar-refractivity contribution in [2.24, 2.45) is 0 Å². The highest BCUT2D eigenvalue weighted by atomic mass is 35.5. The summed E-state index contributed by atoms with van der Waals surface area (Å²) in [5, 5.41) is 11.1. The maximum Gasteiger partial charge on any atom is 0.344 e. The van der Waals surface area contributed by atoms with Crippen LogP contribution in [-0.2, 0) is 14.3 Å². The number of benzene rings is 2. The fourth-order valence-corrected chi connectivity index (χ4v) is 1.96. The smallest absolute Gasteiger partial charge is 0.344 e. The van der Waals surface area contributed by atoms with Gasteiger partial charge in [-0.15, -0.1) is 0 Å². The topological polar surface area (TPSA) is 137 Å². The van der Waals surface area contributed by atoms with Crippen LogP contribution in [0.4, 0.5) is 5.69 Å². The predicted molar refractivity (Wildman–Crippen MR) is 96.6 cm³/mol. The van der Waals surface area contributed by atoms with Gasteiger partial charge in [-0.3, -0.25) is 30.6 Å². The Kier molecular flexibility index (Phi) is 7.28. The standard InChI is InChI=1S/C17H14ClN3O7/c18-12-3-7-14(8-4-12)27-10-16(23)28-9-15(22)19-20-17(24)11-1-5-13(6-2-11)21(25)26/h1-8H,9-10H2,(H,19,22)(H,20,24). The van der Waals surface area contributed by atoms with E-state index in [1.54, 1.807) is 24.3 Å². The van der Waals surface area contributed by atoms with Gasteiger partial charge in [-0.25, -0.2) is 4.79 Å². The van der Waals surface area contributed by atoms with E-state index in [-0.39, 0.29) is 11.3 Å². The van der Waals surface area contributed by atoms with Crippen molar-refractivity contribution in [1.29, 1.82) is 0 Å². The second kappa shape index (κ2) is 9.88. The average Bonchev–Trinajstić information content (AvgIpc) is 2.70. The molecule has 0 saturated carbocycles. The first-order valence-corrected chi connectivity index (χ1v) is 8.10. The molecule has 0 atom stereocenters. The molecule has 11 heteroatoms. The summed E-state index contributed by atoms with van der Waals surface area (Å²) in [4.78, 5) is 44.9. The number of ether oxygens (including phenoxy) is 2. The summed E-state index contributed by atoms with van der Waals surface area (Å²) in [6, 6.07) is 11.1. The number of rotatable bonds is 7. The van der Waals surface area contributed by atoms with Crippen molar-refractivity contribution in [2.75, 3.05) is 13.2 Å². The van der Waals surface area contributed by atoms with Gasteiger partial charge in [0.15, 0.2) is 13.2 Å². The molecule has 2 amide bonds. The lowest BCUT2D eigenvalue weighted by Crippen LogP contribution is -2.43. The Morgan fingerprint density at radius 2 is 1.61 bits per heavy atom. The van der Waals surface area contributed by atoms with Crippen LogP contribution >= 0.6 is 11.6 Å². The number of non-ortho nitro benzene ring substituents is 1. The number of carbonyl (C=O) groups excluding carboxylic acids is 3. The van der Waals surface area contributed by atoms with E-state index in [4.69, 9.17) is 21.1 Å². The Bertz CT molecular complexity index is 869. The predicted octanol–water partition coefficient (Wildman–Crippen LogP) is 1.63. The monoisotopic (exact) mass is 407 g/mol. The SMILES string of the molecule is O=C(COC(=O)COc1ccc(Cl)cc1)NNC(=O)c1ccc([N+](=O)[O-])cc1. The zero-order chi connectivity index (χ0) is 20.5. The van der Waals surface area contributed by atoms with Crippen LogP contribution in [0.3, 0.4) is 0 Å². The first kappa shape index (κ1) is 20.6. The van der Waals surface area contributed by atoms with Crippen molar-refractivity contribution in [1.82, 2.24) is 10.9 Å². The fourth-order valence-electron chi connectivity index (χ4n) is 1.83. The van der Waals surface area contributed by atoms with Gasteiger partial charge in [-0.1, -0.05) is 11.6 Å². The van der Waals surface area contributed by atoms with Crippen LogP contribution in [0, 0.1) is 10.1 Å². The van der Waals surface area contributed by atoms with Crippen molar-refractivity contribution >= 4 is 35.1 Å². The molecule has 0 saturated heterocycles. The number of halogens is 1. The van der Waals surface area contributed by atoms with Crippen molar-refractivity contribution in [3.05, 3.63) is 69.2 Å². The van der Waals surface area contributed by atoms with Crippen molar-refractivity contribution < 1.29 is 28.8 Å². The lowest BCUT2D eigenvalue weighted by molar-refractivity contribution is -0.384. The van der Waals surface area contributed by atoms with E-state index in [2.05, 4.69) is 5.43 Å². The van der Waals surface area contributed by atoms with Crippen molar-refractivity contribution in [3.8, 4) is 5.75 Å². The van der Waals surface area contributed by atoms with Crippen LogP contribution in [0.2, 0.25) is 5.02 Å². The molecule has 0 bridgehead atoms. The van der Waals surface area contributed by atoms with Gasteiger partial charge in [-0.05, 0) is 36.4 Å². The molecule has 0 spiro atoms. The molecular formula is C17H14ClN3O7. The average molecular weight is 408 g/mol. The van der Waals surface area contributed by atoms with Crippen LogP contribution in [0.15, 0.2) is 48.5 Å². The van der Waals surface area contributed by atoms with Gasteiger partial charge in [0, 0.05) is 22.7 Å². The summed E-state index contributed by atoms with van der Waals surface area (Å²) in [6.07, 6.45) is 0. The second-order valence-electron chi connectivity index (χ2n) is 5.21. The number of nitro groups is 1. The molecule has 0 fully saturated rings. The van der Waals surface area contributed by atoms with E-state index < -0.39 is 35.9 Å². The van der Waals surface area contributed by atoms with Gasteiger partial charge in [0.1, 0.15) is 5.75 Å². The Labute approximate surface area is 163 Å². The molecule has 0 aliphatic carbocycles. The number of nitrogens with zero attached hydrogens (tertiary/aromatic N) is 1. The van der Waals surface area contributed by atoms with Gasteiger partial charge in [0.05, 0.1) is 4.92 Å². The minimum atomic E-state index is -0.785. The van der Waals surface area contributed by atoms with Crippen molar-refractivity contribution in [3.63, 3.8) is 0 Å². The minimum Gasteiger partial charge on any atom is -0.482 e. The number of nitrogens with one attached hydrogen (secondary N) is 2. The Morgan fingerprint density at radius 3 is 2.21 bits per heavy atom. The molecule has 0 aliphatic heterocycles. The fraction of sp³-hybridized carbons (Fsp3) is 0.118. The third-order valence-corrected chi connectivity index (χ3v) is 3.44. The van der Waals surface area contributed by atoms with Crippen LogP contribution in [0.5, 0.6) is 5.75 Å². The summed E-state index contributed by atoms with van der Waals surface area (Å²) < 4.78 is 9.86. The third-order valence-electron chi connectivity index (χ3n) is 3.19. The normalized spacial score (nSPS) is 9.89. The van der Waals surface area contributed by atoms with E-state index in [0.29, 0.717) is 10.8 Å². The molecular weight excluding hydrogens is 394 g/mol. The maximum absolute atomic E-state index is 11.8. The van der Waals surface area contributed by atoms with E-state index in [9.17, 15) is 24.5 Å². The molecule has 28 heavy (non-hydrogen) atoms. The summed E-state index contributed by atoms with van der Waals surface area (Å²) in [6.45, 7) is -1.05. The summed E-state index contributed by atoms with van der Waals surface area (Å²) >= 11 is 5.72. The molecule has 0 radical (unpaired) electrons. The Balaban J connectivity index is 1.68. The molecule has 146 valence electrons. The number of esters is 1. The van der Waals surface area contributed by atoms with Crippen LogP contribution in [0.25, 0.3) is 0 Å². The minimum absolute atomic E-state index is 0.0965. The Hall–Kier alpha value is -3.66. The zero-order valence-corrected chi connectivity index (χ0v) is 15.0. The van der Waals surface area contributed by atoms with E-state index in [1.807, 2.05) is 5.43 Å². The highest BCUT2D eigenvalue weighted by Crippen LogP contribution is 2.15. The highest BCUT2D eigenvalue weighted by Gasteiger charge is 2.12. The number of hydrogen-bond donors (Lipinski definition) is 2. The molecule has 0 aliphatic rings. The van der Waals surface area contributed by atoms with Crippen LogP contribution < -0.4 is 15.6 Å². The Morgan fingerprint density at radius 1 is 0.964 bits per heavy atom. The quantitative estimate of drug-likeness (QED) is 0.404. The van der Waals surface area contributed by atoms with E-state index >= 15 is 0 Å². The van der Waals surface area contributed by atoms with Gasteiger partial charge >= 0.3 is 5.97 Å². The number of amides is 2. The molecule has 0 aromatic heterocycles. The first-order valence-electron chi connectivity index (χ1n) is 7.73. The molecule has 0 heterocycles. The van der Waals surface area contributed by atoms with Gasteiger partial charge in [0.2, 0.25) is 0 Å². The van der Waals surface area contributed by atoms with E-state index in [0.717, 1.165) is 12.1 Å². The molecule has 2 N–H and O–H groups in total. The summed E-state index contributed by atoms with van der Waals surface area (Å²) in [5.74, 6) is -1.86. The number of carbonyl (C=O) groups is 3. The van der Waals surface area contributed by atoms with Gasteiger partial charge in [-0.2, -0.15) is 0 Å². The van der Waals surface area contributed by atoms with Crippen LogP contribution in [0.1, 0.15) is 10.4 Å². The maximum atomic E-state index is 11.8. The molecule has 2 aromatic rings.